The molecule has 2 atom stereocenters. The molecule has 0 aliphatic heterocycles. The molecular weight excluding hydrogens is 1550 g/mol. The first-order valence-corrected chi connectivity index (χ1v) is 45.9. The minimum atomic E-state index is -4.46. The number of nitrogens with two attached hydrogens (primary N) is 3. The van der Waals surface area contributed by atoms with E-state index in [9.17, 15) is 61.6 Å². The lowest BCUT2D eigenvalue weighted by Gasteiger charge is -2.21. The number of ketones is 3. The number of nitrogens with one attached hydrogen (secondary N) is 6. The van der Waals surface area contributed by atoms with Crippen LogP contribution in [0.25, 0.3) is 0 Å². The molecule has 0 radical (unpaired) electrons. The average molecular weight is 1720 g/mol. The van der Waals surface area contributed by atoms with E-state index in [0.717, 1.165) is 77.2 Å². The summed E-state index contributed by atoms with van der Waals surface area (Å²) >= 11 is 0. The van der Waals surface area contributed by atoms with Crippen LogP contribution in [-0.4, -0.2) is 172 Å². The summed E-state index contributed by atoms with van der Waals surface area (Å²) < 4.78 is 39.7. The van der Waals surface area contributed by atoms with Crippen molar-refractivity contribution in [1.29, 1.82) is 0 Å². The zero-order valence-corrected chi connectivity index (χ0v) is 80.1. The van der Waals surface area contributed by atoms with Gasteiger partial charge in [-0.15, -0.1) is 0 Å². The van der Waals surface area contributed by atoms with Crippen molar-refractivity contribution in [3.05, 3.63) is 36.5 Å². The predicted molar refractivity (Wildman–Crippen MR) is 472 cm³/mol. The molecule has 0 aromatic heterocycles. The zero-order valence-electron chi connectivity index (χ0n) is 77.4. The number of phosphoric ester groups is 1. The van der Waals surface area contributed by atoms with E-state index < -0.39 is 45.7 Å². The second-order valence-electron chi connectivity index (χ2n) is 33.1. The molecule has 0 fully saturated rings. The second kappa shape index (κ2) is 68.5. The van der Waals surface area contributed by atoms with Gasteiger partial charge in [0.1, 0.15) is 6.61 Å². The Morgan fingerprint density at radius 1 is 0.336 bits per heavy atom. The van der Waals surface area contributed by atoms with Crippen molar-refractivity contribution in [3.8, 4) is 0 Å². The number of unbranched alkanes of at least 4 members (excludes halogenated alkanes) is 3. The first-order chi connectivity index (χ1) is 52.7. The molecule has 116 heavy (non-hydrogen) atoms. The summed E-state index contributed by atoms with van der Waals surface area (Å²) in [4.78, 5) is 165. The highest BCUT2D eigenvalue weighted by atomic mass is 31.2. The summed E-state index contributed by atoms with van der Waals surface area (Å²) in [6.45, 7) is 68.1. The van der Waals surface area contributed by atoms with Crippen LogP contribution in [-0.2, 0) is 70.9 Å². The molecule has 0 bridgehead atoms. The Balaban J connectivity index is -0.000000160. The number of Topliss-reactive ketones (excluding diaryl/α,β-unsaturated/α-hetero) is 3. The van der Waals surface area contributed by atoms with Crippen LogP contribution in [0.1, 0.15) is 316 Å². The van der Waals surface area contributed by atoms with Crippen molar-refractivity contribution >= 4 is 81.8 Å². The quantitative estimate of drug-likeness (QED) is 0.0116. The number of allylic oxidation sites excluding steroid dienone is 3. The molecule has 0 saturated heterocycles. The maximum atomic E-state index is 11.7. The molecule has 0 saturated carbocycles. The van der Waals surface area contributed by atoms with E-state index in [0.29, 0.717) is 120 Å². The van der Waals surface area contributed by atoms with Crippen molar-refractivity contribution in [2.24, 2.45) is 55.1 Å². The SMILES string of the molecule is C=C(C)C(=O)CCCCCNC(=O)C(C)(C)CC.C=C(C)C(=O)CCCNC(=O)C(C)(C)CC.C=C(C)C(=O)CCCNC(=O)C(C)(C)CC.CCC(C)(C)C(=O)NCCCCN.CCC(C)(C)C(=O)NCCN.CCC(C)(C)C(=O)NCCN.CCC(C)(C)C(=O)OCCOP(=O)(O)O.CCC(C)P(=O)(O)O.CCC(C)P(=O)(O)O. The number of carbonyl (C=O) groups excluding carboxylic acids is 10. The number of rotatable bonds is 47. The van der Waals surface area contributed by atoms with Crippen molar-refractivity contribution in [2.75, 3.05) is 72.1 Å². The van der Waals surface area contributed by atoms with Gasteiger partial charge in [0, 0.05) is 104 Å². The van der Waals surface area contributed by atoms with Crippen molar-refractivity contribution in [2.45, 2.75) is 327 Å². The van der Waals surface area contributed by atoms with Gasteiger partial charge in [-0.1, -0.05) is 185 Å². The molecule has 0 aromatic carbocycles. The van der Waals surface area contributed by atoms with Gasteiger partial charge in [0.2, 0.25) is 35.4 Å². The molecule has 0 heterocycles. The molecule has 0 aliphatic rings. The van der Waals surface area contributed by atoms with Crippen LogP contribution in [0.2, 0.25) is 0 Å². The topological polar surface area (TPSA) is 512 Å². The van der Waals surface area contributed by atoms with Gasteiger partial charge in [0.25, 0.3) is 0 Å². The van der Waals surface area contributed by atoms with E-state index >= 15 is 0 Å². The van der Waals surface area contributed by atoms with Gasteiger partial charge < -0.3 is 83.2 Å². The third kappa shape index (κ3) is 73.9. The molecule has 18 N–H and O–H groups in total. The highest BCUT2D eigenvalue weighted by Crippen LogP contribution is 2.43. The molecule has 0 aromatic rings. The maximum absolute atomic E-state index is 11.7. The molecule has 30 nitrogen and oxygen atoms in total. The molecule has 0 rings (SSSR count). The third-order valence-electron chi connectivity index (χ3n) is 19.6. The normalized spacial score (nSPS) is 12.0. The number of phosphoric acid groups is 1. The summed E-state index contributed by atoms with van der Waals surface area (Å²) in [6.07, 6.45) is 14.3. The Kier molecular flexibility index (Phi) is 76.1. The molecular formula is C83H170N9O21P3. The second-order valence-corrected chi connectivity index (χ2v) is 38.4. The van der Waals surface area contributed by atoms with Crippen LogP contribution >= 0.6 is 23.0 Å². The fraction of sp³-hybridized carbons (Fsp3) is 0.807. The summed E-state index contributed by atoms with van der Waals surface area (Å²) in [7, 11) is -12.0. The number of hydrogen-bond acceptors (Lipinski definition) is 18. The first kappa shape index (κ1) is 129. The highest BCUT2D eigenvalue weighted by molar-refractivity contribution is 7.52. The molecule has 0 aliphatic carbocycles. The lowest BCUT2D eigenvalue weighted by atomic mass is 9.89. The van der Waals surface area contributed by atoms with Gasteiger partial charge >= 0.3 is 29.0 Å². The van der Waals surface area contributed by atoms with Crippen LogP contribution in [0.4, 0.5) is 0 Å². The summed E-state index contributed by atoms with van der Waals surface area (Å²) in [5.41, 5.74) is 14.4. The van der Waals surface area contributed by atoms with Crippen LogP contribution < -0.4 is 49.1 Å². The monoisotopic (exact) mass is 1720 g/mol. The van der Waals surface area contributed by atoms with Gasteiger partial charge in [-0.3, -0.25) is 61.6 Å². The predicted octanol–water partition coefficient (Wildman–Crippen LogP) is 13.4. The van der Waals surface area contributed by atoms with Gasteiger partial charge in [0.05, 0.1) is 23.3 Å². The largest absolute Gasteiger partial charge is 0.469 e. The van der Waals surface area contributed by atoms with E-state index in [-0.39, 0.29) is 98.5 Å². The summed E-state index contributed by atoms with van der Waals surface area (Å²) in [5.74, 6) is 0.431. The minimum Gasteiger partial charge on any atom is -0.463 e. The van der Waals surface area contributed by atoms with Gasteiger partial charge in [-0.05, 0) is 154 Å². The molecule has 2 unspecified atom stereocenters. The summed E-state index contributed by atoms with van der Waals surface area (Å²) in [5, 5.41) is 17.1. The number of carbonyl (C=O) groups is 10. The molecule has 0 spiro atoms. The number of ether oxygens (including phenoxy) is 1. The molecule has 33 heteroatoms. The summed E-state index contributed by atoms with van der Waals surface area (Å²) in [6, 6.07) is 0. The first-order valence-electron chi connectivity index (χ1n) is 41.0. The van der Waals surface area contributed by atoms with Crippen molar-refractivity contribution in [3.63, 3.8) is 0 Å². The van der Waals surface area contributed by atoms with Crippen LogP contribution in [0.5, 0.6) is 0 Å². The Bertz CT molecular complexity index is 2860. The van der Waals surface area contributed by atoms with E-state index in [1.54, 1.807) is 62.3 Å². The lowest BCUT2D eigenvalue weighted by molar-refractivity contribution is -0.155. The van der Waals surface area contributed by atoms with Crippen LogP contribution in [0, 0.1) is 37.9 Å². The third-order valence-corrected chi connectivity index (χ3v) is 23.2. The lowest BCUT2D eigenvalue weighted by Crippen LogP contribution is -2.38. The number of amides is 6. The maximum Gasteiger partial charge on any atom is 0.469 e. The standard InChI is InChI=1S/C15H27NO2.2C13H23NO2.C10H22N2O.2C8H18N2O.C8H17O6P.2C4H11O3P/c1-6-15(4,5)14(18)16-11-9-7-8-10-13(17)12(2)3;2*1-6-13(4,5)12(16)14-9-7-8-11(15)10(2)3;1-4-10(2,3)9(13)12-8-6-5-7-11;2*1-4-8(2,3)7(11)10-6-5-9;1-4-8(2,3)7(9)13-5-6-14-15(10,11)12;2*1-3-4(2)8(5,6)7/h2,6-11H2,1,3-5H3,(H,16,18);2*2,6-9H2,1,3-5H3,(H,14,16);4-8,11H2,1-3H3,(H,12,13);2*4-6,9H2,1-3H3,(H,10,11);4-6H2,1-3H3,(H2,10,11,12);2*4H,3H2,1-2H3,(H2,5,6,7). The van der Waals surface area contributed by atoms with Crippen molar-refractivity contribution < 1.29 is 100 Å². The zero-order chi connectivity index (χ0) is 93.5. The fourth-order valence-electron chi connectivity index (χ4n) is 6.68. The number of hydrogen-bond donors (Lipinski definition) is 15. The van der Waals surface area contributed by atoms with Gasteiger partial charge in [-0.2, -0.15) is 0 Å². The highest BCUT2D eigenvalue weighted by Gasteiger charge is 2.31. The molecule has 6 amide bonds. The smallest absolute Gasteiger partial charge is 0.463 e. The van der Waals surface area contributed by atoms with Gasteiger partial charge in [0.15, 0.2) is 17.3 Å². The van der Waals surface area contributed by atoms with Crippen molar-refractivity contribution in [1.82, 2.24) is 31.9 Å². The Labute approximate surface area is 701 Å². The van der Waals surface area contributed by atoms with E-state index in [1.165, 1.54) is 0 Å². The van der Waals surface area contributed by atoms with E-state index in [1.807, 2.05) is 132 Å². The van der Waals surface area contributed by atoms with Crippen LogP contribution in [0.15, 0.2) is 36.5 Å². The minimum absolute atomic E-state index is 0.0535. The van der Waals surface area contributed by atoms with E-state index in [4.69, 9.17) is 51.3 Å². The average Bonchev–Trinajstić information content (AvgIpc) is 0.904. The van der Waals surface area contributed by atoms with Gasteiger partial charge in [-0.25, -0.2) is 4.57 Å². The fourth-order valence-corrected chi connectivity index (χ4v) is 7.94. The number of esters is 1. The Morgan fingerprint density at radius 2 is 0.560 bits per heavy atom. The molecule has 688 valence electrons. The Morgan fingerprint density at radius 3 is 0.750 bits per heavy atom. The Hall–Kier alpha value is -5.19. The van der Waals surface area contributed by atoms with Crippen LogP contribution in [0.3, 0.4) is 0 Å². The van der Waals surface area contributed by atoms with E-state index in [2.05, 4.69) is 56.2 Å².